The summed E-state index contributed by atoms with van der Waals surface area (Å²) in [5.74, 6) is 0.00440. The van der Waals surface area contributed by atoms with Gasteiger partial charge in [-0.1, -0.05) is 6.42 Å². The Bertz CT molecular complexity index is 236. The summed E-state index contributed by atoms with van der Waals surface area (Å²) in [5, 5.41) is 3.34. The van der Waals surface area contributed by atoms with Crippen molar-refractivity contribution in [2.45, 2.75) is 38.1 Å². The molecule has 0 bridgehead atoms. The van der Waals surface area contributed by atoms with Crippen molar-refractivity contribution in [2.24, 2.45) is 0 Å². The Morgan fingerprint density at radius 1 is 1.20 bits per heavy atom. The quantitative estimate of drug-likeness (QED) is 0.713. The largest absolute Gasteiger partial charge is 0.312 e. The fourth-order valence-corrected chi connectivity index (χ4v) is 2.13. The molecule has 15 heavy (non-hydrogen) atoms. The zero-order valence-corrected chi connectivity index (χ0v) is 9.52. The van der Waals surface area contributed by atoms with Gasteiger partial charge in [0.2, 0.25) is 11.8 Å². The van der Waals surface area contributed by atoms with Crippen molar-refractivity contribution in [3.8, 4) is 0 Å². The van der Waals surface area contributed by atoms with Gasteiger partial charge in [0.05, 0.1) is 0 Å². The van der Waals surface area contributed by atoms with E-state index in [4.69, 9.17) is 0 Å². The highest BCUT2D eigenvalue weighted by atomic mass is 35.5. The van der Waals surface area contributed by atoms with E-state index in [1.807, 2.05) is 0 Å². The lowest BCUT2D eigenvalue weighted by Crippen LogP contribution is -2.45. The van der Waals surface area contributed by atoms with Gasteiger partial charge in [-0.25, -0.2) is 0 Å². The van der Waals surface area contributed by atoms with Crippen molar-refractivity contribution in [2.75, 3.05) is 13.1 Å². The molecule has 0 aromatic rings. The number of rotatable bonds is 2. The first kappa shape index (κ1) is 12.5. The van der Waals surface area contributed by atoms with Crippen LogP contribution in [0.5, 0.6) is 0 Å². The minimum absolute atomic E-state index is 0. The van der Waals surface area contributed by atoms with Gasteiger partial charge in [0.15, 0.2) is 0 Å². The zero-order chi connectivity index (χ0) is 9.97. The highest BCUT2D eigenvalue weighted by Crippen LogP contribution is 2.15. The molecule has 86 valence electrons. The highest BCUT2D eigenvalue weighted by molar-refractivity contribution is 6.01. The van der Waals surface area contributed by atoms with Crippen LogP contribution in [-0.4, -0.2) is 35.8 Å². The molecule has 0 radical (unpaired) electrons. The van der Waals surface area contributed by atoms with Gasteiger partial charge in [0.25, 0.3) is 0 Å². The predicted octanol–water partition coefficient (Wildman–Crippen LogP) is 0.699. The van der Waals surface area contributed by atoms with Gasteiger partial charge in [-0.2, -0.15) is 0 Å². The maximum absolute atomic E-state index is 11.3. The fraction of sp³-hybridized carbons (Fsp3) is 0.800. The van der Waals surface area contributed by atoms with E-state index < -0.39 is 0 Å². The maximum Gasteiger partial charge on any atom is 0.229 e. The van der Waals surface area contributed by atoms with Crippen LogP contribution in [-0.2, 0) is 9.59 Å². The second kappa shape index (κ2) is 5.47. The summed E-state index contributed by atoms with van der Waals surface area (Å²) in [7, 11) is 0. The monoisotopic (exact) mass is 232 g/mol. The molecular formula is C10H17ClN2O2. The molecule has 2 fully saturated rings. The molecule has 1 unspecified atom stereocenters. The van der Waals surface area contributed by atoms with Crippen LogP contribution in [0.15, 0.2) is 0 Å². The summed E-state index contributed by atoms with van der Waals surface area (Å²) in [6, 6.07) is 0.328. The van der Waals surface area contributed by atoms with Crippen LogP contribution < -0.4 is 5.32 Å². The van der Waals surface area contributed by atoms with Crippen LogP contribution in [0.4, 0.5) is 0 Å². The minimum Gasteiger partial charge on any atom is -0.312 e. The third-order valence-electron chi connectivity index (χ3n) is 2.97. The van der Waals surface area contributed by atoms with E-state index in [0.29, 0.717) is 25.4 Å². The average molecular weight is 233 g/mol. The summed E-state index contributed by atoms with van der Waals surface area (Å²) in [6.07, 6.45) is 4.31. The SMILES string of the molecule is Cl.O=C1CCC(=O)N1CC1CCCCN1. The van der Waals surface area contributed by atoms with Crippen LogP contribution in [0, 0.1) is 0 Å². The van der Waals surface area contributed by atoms with Gasteiger partial charge in [0.1, 0.15) is 0 Å². The molecule has 0 spiro atoms. The van der Waals surface area contributed by atoms with Crippen molar-refractivity contribution in [1.82, 2.24) is 10.2 Å². The van der Waals surface area contributed by atoms with Gasteiger partial charge in [-0.3, -0.25) is 14.5 Å². The first-order chi connectivity index (χ1) is 6.77. The topological polar surface area (TPSA) is 49.4 Å². The Kier molecular flexibility index (Phi) is 4.54. The number of hydrogen-bond donors (Lipinski definition) is 1. The number of carbonyl (C=O) groups excluding carboxylic acids is 2. The summed E-state index contributed by atoms with van der Waals surface area (Å²) < 4.78 is 0. The summed E-state index contributed by atoms with van der Waals surface area (Å²) >= 11 is 0. The number of halogens is 1. The van der Waals surface area contributed by atoms with Gasteiger partial charge in [-0.05, 0) is 19.4 Å². The number of amides is 2. The molecule has 1 N–H and O–H groups in total. The molecular weight excluding hydrogens is 216 g/mol. The third kappa shape index (κ3) is 2.92. The molecule has 4 nitrogen and oxygen atoms in total. The third-order valence-corrected chi connectivity index (χ3v) is 2.97. The molecule has 0 aliphatic carbocycles. The summed E-state index contributed by atoms with van der Waals surface area (Å²) in [4.78, 5) is 24.1. The molecule has 2 rings (SSSR count). The average Bonchev–Trinajstić information content (AvgIpc) is 2.51. The van der Waals surface area contributed by atoms with Crippen LogP contribution in [0.3, 0.4) is 0 Å². The molecule has 2 aliphatic heterocycles. The van der Waals surface area contributed by atoms with Gasteiger partial charge in [-0.15, -0.1) is 12.4 Å². The van der Waals surface area contributed by atoms with Crippen LogP contribution in [0.25, 0.3) is 0 Å². The Hall–Kier alpha value is -0.610. The lowest BCUT2D eigenvalue weighted by molar-refractivity contribution is -0.138. The van der Waals surface area contributed by atoms with Crippen molar-refractivity contribution >= 4 is 24.2 Å². The lowest BCUT2D eigenvalue weighted by atomic mass is 10.0. The van der Waals surface area contributed by atoms with Crippen molar-refractivity contribution in [3.05, 3.63) is 0 Å². The van der Waals surface area contributed by atoms with E-state index >= 15 is 0 Å². The van der Waals surface area contributed by atoms with Crippen LogP contribution >= 0.6 is 12.4 Å². The minimum atomic E-state index is 0. The number of piperidine rings is 1. The predicted molar refractivity (Wildman–Crippen MR) is 58.8 cm³/mol. The van der Waals surface area contributed by atoms with Crippen LogP contribution in [0.2, 0.25) is 0 Å². The van der Waals surface area contributed by atoms with E-state index in [-0.39, 0.29) is 24.2 Å². The second-order valence-corrected chi connectivity index (χ2v) is 4.04. The molecule has 2 saturated heterocycles. The number of carbonyl (C=O) groups is 2. The van der Waals surface area contributed by atoms with Crippen molar-refractivity contribution < 1.29 is 9.59 Å². The lowest BCUT2D eigenvalue weighted by Gasteiger charge is -2.26. The Morgan fingerprint density at radius 2 is 1.87 bits per heavy atom. The first-order valence-electron chi connectivity index (χ1n) is 5.34. The van der Waals surface area contributed by atoms with Crippen molar-refractivity contribution in [3.63, 3.8) is 0 Å². The molecule has 1 atom stereocenters. The van der Waals surface area contributed by atoms with E-state index in [1.54, 1.807) is 0 Å². The smallest absolute Gasteiger partial charge is 0.229 e. The molecule has 2 aliphatic rings. The molecule has 0 aromatic carbocycles. The zero-order valence-electron chi connectivity index (χ0n) is 8.70. The highest BCUT2D eigenvalue weighted by Gasteiger charge is 2.30. The van der Waals surface area contributed by atoms with E-state index in [2.05, 4.69) is 5.32 Å². The number of nitrogens with zero attached hydrogens (tertiary/aromatic N) is 1. The Balaban J connectivity index is 0.00000112. The standard InChI is InChI=1S/C10H16N2O2.ClH/c13-9-4-5-10(14)12(9)7-8-3-1-2-6-11-8;/h8,11H,1-7H2;1H. The van der Waals surface area contributed by atoms with E-state index in [1.165, 1.54) is 17.7 Å². The second-order valence-electron chi connectivity index (χ2n) is 4.04. The van der Waals surface area contributed by atoms with Gasteiger partial charge < -0.3 is 5.32 Å². The maximum atomic E-state index is 11.3. The van der Waals surface area contributed by atoms with Crippen molar-refractivity contribution in [1.29, 1.82) is 0 Å². The molecule has 5 heteroatoms. The number of nitrogens with one attached hydrogen (secondary N) is 1. The Morgan fingerprint density at radius 3 is 2.40 bits per heavy atom. The van der Waals surface area contributed by atoms with E-state index in [0.717, 1.165) is 13.0 Å². The summed E-state index contributed by atoms with van der Waals surface area (Å²) in [6.45, 7) is 1.60. The molecule has 0 aromatic heterocycles. The van der Waals surface area contributed by atoms with Gasteiger partial charge in [0, 0.05) is 25.4 Å². The number of likely N-dealkylation sites (tertiary alicyclic amines) is 1. The van der Waals surface area contributed by atoms with E-state index in [9.17, 15) is 9.59 Å². The number of imide groups is 1. The first-order valence-corrected chi connectivity index (χ1v) is 5.34. The molecule has 0 saturated carbocycles. The van der Waals surface area contributed by atoms with Gasteiger partial charge >= 0.3 is 0 Å². The summed E-state index contributed by atoms with van der Waals surface area (Å²) in [5.41, 5.74) is 0. The normalized spacial score (nSPS) is 26.7. The van der Waals surface area contributed by atoms with Crippen LogP contribution in [0.1, 0.15) is 32.1 Å². The molecule has 2 heterocycles. The fourth-order valence-electron chi connectivity index (χ4n) is 2.13. The number of hydrogen-bond acceptors (Lipinski definition) is 3. The molecule has 2 amide bonds. The Labute approximate surface area is 95.8 Å².